The molecule has 138 valence electrons. The van der Waals surface area contributed by atoms with E-state index in [0.717, 1.165) is 23.4 Å². The van der Waals surface area contributed by atoms with Crippen LogP contribution in [-0.2, 0) is 4.79 Å². The lowest BCUT2D eigenvalue weighted by Gasteiger charge is -2.29. The largest absolute Gasteiger partial charge is 0.482 e. The van der Waals surface area contributed by atoms with Gasteiger partial charge in [0.25, 0.3) is 5.91 Å². The zero-order valence-electron chi connectivity index (χ0n) is 14.4. The summed E-state index contributed by atoms with van der Waals surface area (Å²) in [7, 11) is 0. The molecule has 1 aromatic heterocycles. The molecule has 2 heterocycles. The number of nitrogens with one attached hydrogen (secondary N) is 1. The number of halogens is 1. The summed E-state index contributed by atoms with van der Waals surface area (Å²) in [5, 5.41) is 7.65. The number of carbonyl (C=O) groups is 1. The maximum Gasteiger partial charge on any atom is 0.321 e. The monoisotopic (exact) mass is 384 g/mol. The van der Waals surface area contributed by atoms with Gasteiger partial charge >= 0.3 is 6.01 Å². The van der Waals surface area contributed by atoms with Crippen LogP contribution in [0, 0.1) is 0 Å². The van der Waals surface area contributed by atoms with E-state index in [1.54, 1.807) is 17.0 Å². The van der Waals surface area contributed by atoms with Crippen molar-refractivity contribution in [2.24, 2.45) is 0 Å². The minimum absolute atomic E-state index is 0.0465. The Balaban J connectivity index is 1.33. The summed E-state index contributed by atoms with van der Waals surface area (Å²) in [6, 6.07) is 15.1. The van der Waals surface area contributed by atoms with Gasteiger partial charge in [0.05, 0.1) is 5.69 Å². The molecule has 0 radical (unpaired) electrons. The van der Waals surface area contributed by atoms with Crippen LogP contribution in [-0.4, -0.2) is 35.7 Å². The molecule has 1 amide bonds. The Morgan fingerprint density at radius 3 is 2.96 bits per heavy atom. The molecule has 1 aliphatic rings. The lowest BCUT2D eigenvalue weighted by Crippen LogP contribution is -2.39. The number of rotatable bonds is 6. The lowest BCUT2D eigenvalue weighted by molar-refractivity contribution is -0.121. The fourth-order valence-electron chi connectivity index (χ4n) is 2.87. The van der Waals surface area contributed by atoms with Crippen molar-refractivity contribution in [1.29, 1.82) is 0 Å². The van der Waals surface area contributed by atoms with Crippen molar-refractivity contribution in [1.82, 2.24) is 10.1 Å². The molecule has 0 spiro atoms. The Kier molecular flexibility index (Phi) is 4.93. The van der Waals surface area contributed by atoms with Gasteiger partial charge in [0.15, 0.2) is 6.61 Å². The number of benzene rings is 2. The average molecular weight is 385 g/mol. The number of hydrogen-bond donors (Lipinski definition) is 1. The van der Waals surface area contributed by atoms with Gasteiger partial charge in [-0.3, -0.25) is 4.79 Å². The van der Waals surface area contributed by atoms with Gasteiger partial charge < -0.3 is 19.5 Å². The highest BCUT2D eigenvalue weighted by atomic mass is 35.5. The molecule has 0 atom stereocenters. The minimum atomic E-state index is -0.0465. The first-order valence-corrected chi connectivity index (χ1v) is 8.94. The highest BCUT2D eigenvalue weighted by Crippen LogP contribution is 2.31. The van der Waals surface area contributed by atoms with Crippen molar-refractivity contribution in [2.45, 2.75) is 6.42 Å². The molecule has 0 saturated carbocycles. The zero-order valence-corrected chi connectivity index (χ0v) is 15.1. The van der Waals surface area contributed by atoms with Crippen LogP contribution in [0.5, 0.6) is 5.75 Å². The lowest BCUT2D eigenvalue weighted by atomic mass is 10.2. The number of ether oxygens (including phenoxy) is 1. The molecule has 0 bridgehead atoms. The molecule has 27 heavy (non-hydrogen) atoms. The first-order chi connectivity index (χ1) is 13.2. The molecule has 1 N–H and O–H groups in total. The van der Waals surface area contributed by atoms with E-state index >= 15 is 0 Å². The number of hydrogen-bond acceptors (Lipinski definition) is 6. The first-order valence-electron chi connectivity index (χ1n) is 8.56. The third kappa shape index (κ3) is 3.88. The van der Waals surface area contributed by atoms with Gasteiger partial charge in [-0.1, -0.05) is 41.0 Å². The molecular weight excluding hydrogens is 368 g/mol. The molecule has 7 nitrogen and oxygen atoms in total. The summed E-state index contributed by atoms with van der Waals surface area (Å²) < 4.78 is 10.7. The second kappa shape index (κ2) is 7.67. The summed E-state index contributed by atoms with van der Waals surface area (Å²) in [6.07, 6.45) is 0.717. The van der Waals surface area contributed by atoms with Crippen LogP contribution in [0.1, 0.15) is 6.42 Å². The van der Waals surface area contributed by atoms with Gasteiger partial charge in [-0.2, -0.15) is 4.98 Å². The van der Waals surface area contributed by atoms with Crippen LogP contribution in [0.3, 0.4) is 0 Å². The van der Waals surface area contributed by atoms with Crippen molar-refractivity contribution >= 4 is 29.2 Å². The van der Waals surface area contributed by atoms with Gasteiger partial charge in [-0.25, -0.2) is 0 Å². The molecule has 1 aliphatic heterocycles. The van der Waals surface area contributed by atoms with E-state index < -0.39 is 0 Å². The number of aromatic nitrogens is 2. The molecule has 8 heteroatoms. The SMILES string of the molecule is O=C1COc2ccccc2N1CCCNc1nc(-c2cccc(Cl)c2)no1. The van der Waals surface area contributed by atoms with Crippen LogP contribution in [0.25, 0.3) is 11.4 Å². The number of nitrogens with zero attached hydrogens (tertiary/aromatic N) is 3. The zero-order chi connectivity index (χ0) is 18.6. The third-order valence-corrected chi connectivity index (χ3v) is 4.39. The second-order valence-corrected chi connectivity index (χ2v) is 6.45. The number of anilines is 2. The Morgan fingerprint density at radius 1 is 1.19 bits per heavy atom. The predicted molar refractivity (Wildman–Crippen MR) is 102 cm³/mol. The quantitative estimate of drug-likeness (QED) is 0.654. The van der Waals surface area contributed by atoms with Crippen molar-refractivity contribution < 1.29 is 14.1 Å². The van der Waals surface area contributed by atoms with Gasteiger partial charge in [0.1, 0.15) is 5.75 Å². The molecular formula is C19H17ClN4O3. The van der Waals surface area contributed by atoms with Crippen LogP contribution >= 0.6 is 11.6 Å². The average Bonchev–Trinajstić information content (AvgIpc) is 3.15. The normalized spacial score (nSPS) is 13.2. The number of carbonyl (C=O) groups excluding carboxylic acids is 1. The summed E-state index contributed by atoms with van der Waals surface area (Å²) in [6.45, 7) is 1.22. The number of amides is 1. The second-order valence-electron chi connectivity index (χ2n) is 6.02. The van der Waals surface area contributed by atoms with E-state index in [2.05, 4.69) is 15.5 Å². The third-order valence-electron chi connectivity index (χ3n) is 4.15. The molecule has 2 aromatic carbocycles. The summed E-state index contributed by atoms with van der Waals surface area (Å²) in [4.78, 5) is 18.2. The molecule has 0 saturated heterocycles. The summed E-state index contributed by atoms with van der Waals surface area (Å²) in [5.41, 5.74) is 1.59. The van der Waals surface area contributed by atoms with Crippen LogP contribution < -0.4 is 15.0 Å². The van der Waals surface area contributed by atoms with Crippen LogP contribution in [0.4, 0.5) is 11.7 Å². The molecule has 0 aliphatic carbocycles. The van der Waals surface area contributed by atoms with Gasteiger partial charge in [0, 0.05) is 23.7 Å². The first kappa shape index (κ1) is 17.4. The smallest absolute Gasteiger partial charge is 0.321 e. The standard InChI is InChI=1S/C19H17ClN4O3/c20-14-6-3-5-13(11-14)18-22-19(27-23-18)21-9-4-10-24-15-7-1-2-8-16(15)26-12-17(24)25/h1-3,5-8,11H,4,9-10,12H2,(H,21,22,23). The minimum Gasteiger partial charge on any atom is -0.482 e. The van der Waals surface area contributed by atoms with E-state index in [9.17, 15) is 4.79 Å². The molecule has 0 fully saturated rings. The fourth-order valence-corrected chi connectivity index (χ4v) is 3.06. The predicted octanol–water partition coefficient (Wildman–Crippen LogP) is 3.62. The Morgan fingerprint density at radius 2 is 2.07 bits per heavy atom. The van der Waals surface area contributed by atoms with E-state index in [4.69, 9.17) is 20.9 Å². The number of fused-ring (bicyclic) bond motifs is 1. The van der Waals surface area contributed by atoms with Gasteiger partial charge in [-0.15, -0.1) is 0 Å². The van der Waals surface area contributed by atoms with Gasteiger partial charge in [0.2, 0.25) is 5.82 Å². The Hall–Kier alpha value is -3.06. The van der Waals surface area contributed by atoms with E-state index in [1.165, 1.54) is 0 Å². The maximum absolute atomic E-state index is 12.1. The molecule has 4 rings (SSSR count). The van der Waals surface area contributed by atoms with E-state index in [-0.39, 0.29) is 12.5 Å². The summed E-state index contributed by atoms with van der Waals surface area (Å²) >= 11 is 5.98. The topological polar surface area (TPSA) is 80.5 Å². The molecule has 0 unspecified atom stereocenters. The van der Waals surface area contributed by atoms with E-state index in [0.29, 0.717) is 30.0 Å². The van der Waals surface area contributed by atoms with Crippen molar-refractivity contribution in [3.05, 3.63) is 53.6 Å². The van der Waals surface area contributed by atoms with Crippen LogP contribution in [0.2, 0.25) is 5.02 Å². The van der Waals surface area contributed by atoms with Crippen molar-refractivity contribution in [2.75, 3.05) is 29.9 Å². The van der Waals surface area contributed by atoms with E-state index in [1.807, 2.05) is 36.4 Å². The Labute approximate surface area is 160 Å². The van der Waals surface area contributed by atoms with Crippen LogP contribution in [0.15, 0.2) is 53.1 Å². The maximum atomic E-state index is 12.1. The van der Waals surface area contributed by atoms with Gasteiger partial charge in [-0.05, 0) is 30.7 Å². The highest BCUT2D eigenvalue weighted by Gasteiger charge is 2.24. The Bertz CT molecular complexity index is 959. The van der Waals surface area contributed by atoms with Crippen molar-refractivity contribution in [3.8, 4) is 17.1 Å². The number of para-hydroxylation sites is 2. The molecule has 3 aromatic rings. The van der Waals surface area contributed by atoms with Crippen molar-refractivity contribution in [3.63, 3.8) is 0 Å². The summed E-state index contributed by atoms with van der Waals surface area (Å²) in [5.74, 6) is 1.15. The highest BCUT2D eigenvalue weighted by molar-refractivity contribution is 6.30. The fraction of sp³-hybridized carbons (Fsp3) is 0.211.